The van der Waals surface area contributed by atoms with Crippen molar-refractivity contribution in [3.05, 3.63) is 45.2 Å². The lowest BCUT2D eigenvalue weighted by atomic mass is 9.73. The molecule has 1 aromatic heterocycles. The summed E-state index contributed by atoms with van der Waals surface area (Å²) in [5.74, 6) is -5.66. The van der Waals surface area contributed by atoms with Crippen molar-refractivity contribution in [2.45, 2.75) is 232 Å². The third-order valence-electron chi connectivity index (χ3n) is 18.5. The number of alkyl carbamates (subject to hydrolysis) is 1. The molecule has 0 bridgehead atoms. The molecule has 1 unspecified atom stereocenters. The number of aromatic carboxylic acids is 1. The predicted octanol–water partition coefficient (Wildman–Crippen LogP) is 5.55. The van der Waals surface area contributed by atoms with E-state index >= 15 is 0 Å². The zero-order valence-corrected chi connectivity index (χ0v) is 54.5. The summed E-state index contributed by atoms with van der Waals surface area (Å²) in [6.07, 6.45) is -8.66. The Balaban J connectivity index is 1.19. The summed E-state index contributed by atoms with van der Waals surface area (Å²) in [5, 5.41) is 66.9. The number of aromatic nitrogens is 1. The molecule has 24 nitrogen and oxygen atoms in total. The number of rotatable bonds is 22. The first kappa shape index (κ1) is 71.7. The summed E-state index contributed by atoms with van der Waals surface area (Å²) in [4.78, 5) is 63.6. The molecule has 6 N–H and O–H groups in total. The standard InChI is InChI=1S/C63H103N5O19/c1-18-46-63(14,77)53(71)37(6)48(65-81-27-24-67(19-2)20-3)35(4)31-61(12,76)54(86-58-51(70)45(66(15)16)28-36(5)82-58)38(7)52(39(8)57(74)84-46)85-47-32-62(13,78-17)55(40(9)83-47)87-59(75)64-23-26-79-25-21-22-41-29-42-34-80-60(10,11)68-33-44(56(72)73)50(69)43(30-41)49(42)68/h29-30,33,35-40,45-47,51-55,58,70-71,76-77H,18-28,31-32,34H2,1-17H3,(H,64,75)(H,72,73)/t35-,36-,37+,38+,39-,40+,45+,46-,47+,51-,52+,53-,54-,55+,58?,61-,62-,63-/m1/s1. The number of carbonyl (C=O) groups is 3. The van der Waals surface area contributed by atoms with Crippen LogP contribution < -0.4 is 10.7 Å². The average molecular weight is 1230 g/mol. The molecule has 2 aromatic rings. The molecular weight excluding hydrogens is 1130 g/mol. The van der Waals surface area contributed by atoms with E-state index in [1.807, 2.05) is 66.6 Å². The molecule has 494 valence electrons. The van der Waals surface area contributed by atoms with Crippen LogP contribution in [0.4, 0.5) is 4.79 Å². The van der Waals surface area contributed by atoms with E-state index in [2.05, 4.69) is 15.4 Å². The van der Waals surface area contributed by atoms with Crippen molar-refractivity contribution in [3.8, 4) is 0 Å². The minimum Gasteiger partial charge on any atom is -0.477 e. The van der Waals surface area contributed by atoms with Gasteiger partial charge in [0.2, 0.25) is 5.43 Å². The molecule has 3 fully saturated rings. The first-order chi connectivity index (χ1) is 40.8. The lowest BCUT2D eigenvalue weighted by Gasteiger charge is -2.49. The number of cyclic esters (lactones) is 1. The normalized spacial score (nSPS) is 35.7. The molecule has 3 saturated heterocycles. The van der Waals surface area contributed by atoms with Crippen molar-refractivity contribution < 1.29 is 87.4 Å². The summed E-state index contributed by atoms with van der Waals surface area (Å²) in [7, 11) is 5.19. The quantitative estimate of drug-likeness (QED) is 0.0478. The van der Waals surface area contributed by atoms with Crippen molar-refractivity contribution >= 4 is 34.6 Å². The fraction of sp³-hybridized carbons (Fsp3) is 0.794. The number of ether oxygens (including phenoxy) is 9. The van der Waals surface area contributed by atoms with E-state index in [-0.39, 0.29) is 63.3 Å². The molecule has 1 amide bonds. The van der Waals surface area contributed by atoms with Gasteiger partial charge in [0.05, 0.1) is 66.5 Å². The molecule has 4 aliphatic heterocycles. The van der Waals surface area contributed by atoms with E-state index in [1.54, 1.807) is 59.1 Å². The lowest BCUT2D eigenvalue weighted by Crippen LogP contribution is -2.61. The topological polar surface area (TPSA) is 298 Å². The lowest BCUT2D eigenvalue weighted by molar-refractivity contribution is -0.317. The maximum Gasteiger partial charge on any atom is 0.407 e. The Hall–Kier alpha value is -4.41. The highest BCUT2D eigenvalue weighted by Gasteiger charge is 2.54. The maximum absolute atomic E-state index is 14.8. The first-order valence-corrected chi connectivity index (χ1v) is 31.1. The SMILES string of the molecule is CC[C@H]1OC(=O)[C@H](C)[C@@H](O[C@H]2C[C@@](C)(OC)[C@@H](OC(=O)NCCOCCCc3cc4c5c(c3)c(=O)c(C(=O)O)cn5C(C)(C)OC4)[C@H](C)O2)[C@H](C)[C@@H](OC2O[C@H](C)C[C@H](N(C)C)[C@H]2O)[C@](C)(O)C[C@@H](C)C(=NOCCN(CC)CC)[C@H](C)[C@@H](O)[C@]1(C)O. The van der Waals surface area contributed by atoms with E-state index < -0.39 is 125 Å². The summed E-state index contributed by atoms with van der Waals surface area (Å²) < 4.78 is 58.6. The number of hydrogen-bond acceptors (Lipinski definition) is 21. The van der Waals surface area contributed by atoms with Gasteiger partial charge >= 0.3 is 18.0 Å². The van der Waals surface area contributed by atoms with Crippen LogP contribution in [-0.2, 0) is 71.0 Å². The van der Waals surface area contributed by atoms with E-state index in [4.69, 9.17) is 47.5 Å². The second kappa shape index (κ2) is 30.1. The molecule has 18 atom stereocenters. The molecule has 0 saturated carbocycles. The Morgan fingerprint density at radius 3 is 2.22 bits per heavy atom. The Bertz CT molecular complexity index is 2720. The highest BCUT2D eigenvalue weighted by atomic mass is 16.7. The van der Waals surface area contributed by atoms with Crippen molar-refractivity contribution in [2.75, 3.05) is 67.2 Å². The van der Waals surface area contributed by atoms with Crippen molar-refractivity contribution in [1.29, 1.82) is 0 Å². The number of benzene rings is 1. The van der Waals surface area contributed by atoms with Gasteiger partial charge in [-0.15, -0.1) is 0 Å². The van der Waals surface area contributed by atoms with Gasteiger partial charge in [-0.2, -0.15) is 0 Å². The second-order valence-electron chi connectivity index (χ2n) is 25.9. The minimum atomic E-state index is -2.01. The fourth-order valence-corrected chi connectivity index (χ4v) is 13.3. The van der Waals surface area contributed by atoms with Crippen LogP contribution in [0.3, 0.4) is 0 Å². The molecule has 24 heteroatoms. The summed E-state index contributed by atoms with van der Waals surface area (Å²) in [5.41, 5.74) is -4.17. The van der Waals surface area contributed by atoms with Crippen LogP contribution in [0.25, 0.3) is 10.9 Å². The van der Waals surface area contributed by atoms with E-state index in [1.165, 1.54) is 20.2 Å². The molecule has 1 aromatic carbocycles. The Morgan fingerprint density at radius 1 is 0.897 bits per heavy atom. The number of likely N-dealkylation sites (N-methyl/N-ethyl adjacent to an activating group) is 2. The molecule has 6 rings (SSSR count). The summed E-state index contributed by atoms with van der Waals surface area (Å²) in [6.45, 7) is 28.0. The monoisotopic (exact) mass is 1230 g/mol. The van der Waals surface area contributed by atoms with Crippen molar-refractivity contribution in [2.24, 2.45) is 28.8 Å². The number of aliphatic hydroxyl groups excluding tert-OH is 2. The zero-order valence-electron chi connectivity index (χ0n) is 54.5. The summed E-state index contributed by atoms with van der Waals surface area (Å²) >= 11 is 0. The van der Waals surface area contributed by atoms with Crippen LogP contribution >= 0.6 is 0 Å². The highest BCUT2D eigenvalue weighted by molar-refractivity contribution is 5.94. The highest BCUT2D eigenvalue weighted by Crippen LogP contribution is 2.42. The summed E-state index contributed by atoms with van der Waals surface area (Å²) in [6, 6.07) is 3.32. The largest absolute Gasteiger partial charge is 0.477 e. The third-order valence-corrected chi connectivity index (χ3v) is 18.5. The van der Waals surface area contributed by atoms with Gasteiger partial charge in [-0.05, 0) is 126 Å². The van der Waals surface area contributed by atoms with Crippen LogP contribution in [0, 0.1) is 23.7 Å². The molecule has 4 aliphatic rings. The van der Waals surface area contributed by atoms with Gasteiger partial charge in [0, 0.05) is 74.2 Å². The number of pyridine rings is 1. The minimum absolute atomic E-state index is 0.0175. The van der Waals surface area contributed by atoms with Crippen LogP contribution in [-0.4, -0.2) is 215 Å². The van der Waals surface area contributed by atoms with Crippen LogP contribution in [0.5, 0.6) is 0 Å². The number of aryl methyl sites for hydroxylation is 1. The van der Waals surface area contributed by atoms with E-state index in [0.717, 1.165) is 24.2 Å². The number of nitrogens with zero attached hydrogens (tertiary/aromatic N) is 4. The van der Waals surface area contributed by atoms with E-state index in [9.17, 15) is 44.7 Å². The number of carboxylic acids is 1. The maximum atomic E-state index is 14.8. The number of oxime groups is 1. The van der Waals surface area contributed by atoms with Crippen LogP contribution in [0.1, 0.15) is 151 Å². The number of carbonyl (C=O) groups excluding carboxylic acids is 2. The van der Waals surface area contributed by atoms with Crippen molar-refractivity contribution in [3.63, 3.8) is 0 Å². The van der Waals surface area contributed by atoms with Gasteiger partial charge < -0.3 is 92.7 Å². The van der Waals surface area contributed by atoms with Gasteiger partial charge in [-0.1, -0.05) is 52.8 Å². The molecular formula is C63H103N5O19. The average Bonchev–Trinajstić information content (AvgIpc) is 1.55. The molecule has 87 heavy (non-hydrogen) atoms. The van der Waals surface area contributed by atoms with E-state index in [0.29, 0.717) is 49.0 Å². The van der Waals surface area contributed by atoms with Crippen molar-refractivity contribution in [1.82, 2.24) is 19.7 Å². The number of methoxy groups -OCH3 is 1. The Labute approximate surface area is 513 Å². The number of esters is 1. The Kier molecular flexibility index (Phi) is 24.8. The number of carboxylic acid groups (broad SMARTS) is 1. The van der Waals surface area contributed by atoms with Gasteiger partial charge in [-0.3, -0.25) is 9.59 Å². The number of aliphatic hydroxyl groups is 4. The number of nitrogens with one attached hydrogen (secondary N) is 1. The molecule has 0 radical (unpaired) electrons. The fourth-order valence-electron chi connectivity index (χ4n) is 13.3. The molecule has 5 heterocycles. The van der Waals surface area contributed by atoms with Gasteiger partial charge in [0.25, 0.3) is 0 Å². The zero-order chi connectivity index (χ0) is 64.7. The predicted molar refractivity (Wildman–Crippen MR) is 323 cm³/mol. The smallest absolute Gasteiger partial charge is 0.407 e. The number of hydrogen-bond donors (Lipinski definition) is 6. The van der Waals surface area contributed by atoms with Gasteiger partial charge in [0.15, 0.2) is 18.7 Å². The van der Waals surface area contributed by atoms with Crippen LogP contribution in [0.2, 0.25) is 0 Å². The first-order valence-electron chi connectivity index (χ1n) is 31.1. The number of amides is 1. The van der Waals surface area contributed by atoms with Gasteiger partial charge in [-0.25, -0.2) is 9.59 Å². The molecule has 0 aliphatic carbocycles. The molecule has 0 spiro atoms. The third kappa shape index (κ3) is 16.8. The Morgan fingerprint density at radius 2 is 1.59 bits per heavy atom. The van der Waals surface area contributed by atoms with Gasteiger partial charge in [0.1, 0.15) is 41.3 Å². The second-order valence-corrected chi connectivity index (χ2v) is 25.9. The van der Waals surface area contributed by atoms with Crippen LogP contribution in [0.15, 0.2) is 28.3 Å².